The van der Waals surface area contributed by atoms with Crippen molar-refractivity contribution in [3.8, 4) is 0 Å². The van der Waals surface area contributed by atoms with Crippen molar-refractivity contribution in [1.82, 2.24) is 69.8 Å². The number of hydrogen-bond acceptors (Lipinski definition) is 30. The number of rotatable bonds is 16. The maximum Gasteiger partial charge on any atom is 3.00 e. The first-order chi connectivity index (χ1) is 64.2. The van der Waals surface area contributed by atoms with Gasteiger partial charge < -0.3 is 89.6 Å². The molecule has 0 fully saturated rings. The van der Waals surface area contributed by atoms with Gasteiger partial charge in [-0.1, -0.05) is 153 Å². The average molecular weight is 2120 g/mol. The van der Waals surface area contributed by atoms with Crippen molar-refractivity contribution in [2.45, 2.75) is 55.4 Å². The van der Waals surface area contributed by atoms with E-state index in [1.54, 1.807) is 129 Å². The smallest absolute Gasteiger partial charge is 0.870 e. The Morgan fingerprint density at radius 1 is 0.241 bits per heavy atom. The summed E-state index contributed by atoms with van der Waals surface area (Å²) in [4.78, 5) is 187. The normalized spacial score (nSPS) is 10.7. The third-order valence-electron chi connectivity index (χ3n) is 20.8. The minimum atomic E-state index is -1.75. The van der Waals surface area contributed by atoms with Crippen LogP contribution in [0.1, 0.15) is 138 Å². The molecule has 39 heteroatoms. The Bertz CT molecular complexity index is 6800. The molecule has 0 aliphatic carbocycles. The molecule has 0 aliphatic heterocycles. The molecule has 24 bridgehead atoms. The molecule has 20 rings (SSSR count). The second-order valence-electron chi connectivity index (χ2n) is 28.7. The summed E-state index contributed by atoms with van der Waals surface area (Å²) in [6.07, 6.45) is 7.00. The van der Waals surface area contributed by atoms with E-state index in [1.165, 1.54) is 0 Å². The van der Waals surface area contributed by atoms with Crippen molar-refractivity contribution in [2.24, 2.45) is 0 Å². The van der Waals surface area contributed by atoms with Gasteiger partial charge in [0.2, 0.25) is 0 Å². The van der Waals surface area contributed by atoms with Gasteiger partial charge >= 0.3 is 147 Å². The second-order valence-corrected chi connectivity index (χ2v) is 28.7. The SMILES string of the molecule is CCOC(=O)c1c(C(=O)OCC)c2[n-]c1c1ccc3ccc4ccc(nc4c3n1)c1[n-]c(c(C(=O)OCC)c1C(=O)OCC)c1ccc3ccc4ccc2nc4c3n1.CCOC(=O)c1c(C(=O)OCC)c2[n-]c1c1ccc3ccc4ccc(nc4c3n1)c1[n-]c(c(C(=O)OCC)c1C(=O)OCC)c1ccc3ccc4ccc2nc4c3n1.O.O.O=[N+]([O-])[O-].[Eu+3].[Eu+3].[OH-].c1ccncc1.c1ccncc1. The monoisotopic (exact) mass is 2120 g/mol. The van der Waals surface area contributed by atoms with Crippen LogP contribution in [0.2, 0.25) is 0 Å². The minimum absolute atomic E-state index is 0. The fourth-order valence-electron chi connectivity index (χ4n) is 15.3. The summed E-state index contributed by atoms with van der Waals surface area (Å²) in [6.45, 7) is 13.6. The van der Waals surface area contributed by atoms with Gasteiger partial charge in [-0.05, 0) is 128 Å². The summed E-state index contributed by atoms with van der Waals surface area (Å²) in [7, 11) is 0. The van der Waals surface area contributed by atoms with Crippen LogP contribution in [-0.4, -0.2) is 172 Å². The number of carbonyl (C=O) groups excluding carboxylic acids is 8. The van der Waals surface area contributed by atoms with Gasteiger partial charge in [-0.15, -0.1) is 0 Å². The number of benzene rings is 4. The third-order valence-corrected chi connectivity index (χ3v) is 20.8. The van der Waals surface area contributed by atoms with Gasteiger partial charge in [0.25, 0.3) is 0 Å². The van der Waals surface area contributed by atoms with Crippen molar-refractivity contribution < 1.29 is 197 Å². The summed E-state index contributed by atoms with van der Waals surface area (Å²) in [5.74, 6) is -6.30. The van der Waals surface area contributed by atoms with Crippen LogP contribution in [0.4, 0.5) is 0 Å². The molecule has 16 aromatic heterocycles. The van der Waals surface area contributed by atoms with E-state index in [1.807, 2.05) is 133 Å². The van der Waals surface area contributed by atoms with Crippen molar-refractivity contribution in [1.29, 1.82) is 0 Å². The molecule has 0 saturated heterocycles. The summed E-state index contributed by atoms with van der Waals surface area (Å²) < 4.78 is 44.1. The Balaban J connectivity index is 0.000000219. The van der Waals surface area contributed by atoms with Crippen LogP contribution in [-0.2, 0) is 37.9 Å². The molecule has 4 aromatic carbocycles. The van der Waals surface area contributed by atoms with Gasteiger partial charge in [0.1, 0.15) is 0 Å². The molecule has 0 atom stereocenters. The van der Waals surface area contributed by atoms with Crippen molar-refractivity contribution in [2.75, 3.05) is 52.9 Å². The summed E-state index contributed by atoms with van der Waals surface area (Å²) in [5, 5.41) is 20.3. The van der Waals surface area contributed by atoms with Gasteiger partial charge in [-0.2, -0.15) is 0 Å². The van der Waals surface area contributed by atoms with Crippen LogP contribution >= 0.6 is 0 Å². The second kappa shape index (κ2) is 45.7. The Hall–Kier alpha value is -14.4. The van der Waals surface area contributed by atoms with Crippen molar-refractivity contribution in [3.63, 3.8) is 0 Å². The molecule has 0 aliphatic rings. The summed E-state index contributed by atoms with van der Waals surface area (Å²) >= 11 is 0. The molecule has 37 nitrogen and oxygen atoms in total. The number of aromatic nitrogens is 14. The largest absolute Gasteiger partial charge is 3.00 e. The Labute approximate surface area is 855 Å². The summed E-state index contributed by atoms with van der Waals surface area (Å²) in [5.41, 5.74) is 5.07. The number of hydrogen-bond donors (Lipinski definition) is 0. The maximum atomic E-state index is 13.9. The van der Waals surface area contributed by atoms with E-state index in [0.29, 0.717) is 87.2 Å². The molecular formula is C98H79Eu2N15O22. The standard InChI is InChI=1S/2C44H34N6O8.2C5H5N.2Eu.NO3.3H2O/c2*1-5-55-41(51)29-30(42(52)56-6-2)38-26-18-14-22-11-12-24-16-20-28(48-36(24)35(22)46-26)40-32(44(54)58-8-4)31(43(53)57-7-3)39(50-40)27-19-15-23-10-9-21-13-17-25(37(29)49-38)45-33(21)34(23)47-27;2*1-2-4-6-5-3-1;;;2-1(3)4;;;/h2*9-20H,5-8H2,1-4H3,(H2,45,46,47,48,49,50,51,52,53,54);2*1-5H;;;;3*1H2/q;;;;2*+3;-1;;;/p-5. The molecule has 692 valence electrons. The molecule has 0 radical (unpaired) electrons. The summed E-state index contributed by atoms with van der Waals surface area (Å²) in [6, 6.07) is 54.5. The van der Waals surface area contributed by atoms with E-state index >= 15 is 0 Å². The predicted octanol–water partition coefficient (Wildman–Crippen LogP) is 15.4. The van der Waals surface area contributed by atoms with Crippen molar-refractivity contribution in [3.05, 3.63) is 267 Å². The van der Waals surface area contributed by atoms with E-state index in [2.05, 4.69) is 9.97 Å². The molecule has 137 heavy (non-hydrogen) atoms. The van der Waals surface area contributed by atoms with Gasteiger partial charge in [0, 0.05) is 67.9 Å². The zero-order chi connectivity index (χ0) is 92.5. The Morgan fingerprint density at radius 3 is 0.453 bits per heavy atom. The van der Waals surface area contributed by atoms with E-state index in [4.69, 9.17) is 113 Å². The topological polar surface area (TPSA) is 555 Å². The first-order valence-corrected chi connectivity index (χ1v) is 41.8. The average Bonchev–Trinajstić information content (AvgIpc) is 1.58. The third kappa shape index (κ3) is 20.7. The molecule has 0 amide bonds. The van der Waals surface area contributed by atoms with E-state index in [0.717, 1.165) is 0 Å². The van der Waals surface area contributed by atoms with E-state index in [9.17, 15) is 38.4 Å². The van der Waals surface area contributed by atoms with Gasteiger partial charge in [0.05, 0.1) is 191 Å². The van der Waals surface area contributed by atoms with Crippen LogP contribution in [0, 0.1) is 114 Å². The number of ether oxygens (including phenoxy) is 8. The van der Waals surface area contributed by atoms with E-state index < -0.39 is 52.8 Å². The molecule has 16 heterocycles. The zero-order valence-corrected chi connectivity index (χ0v) is 78.8. The zero-order valence-electron chi connectivity index (χ0n) is 74.0. The van der Waals surface area contributed by atoms with Crippen molar-refractivity contribution >= 4 is 223 Å². The Morgan fingerprint density at radius 2 is 0.358 bits per heavy atom. The number of pyridine rings is 10. The number of fused-ring (bicyclic) bond motifs is 24. The maximum absolute atomic E-state index is 13.9. The molecule has 20 aromatic rings. The quantitative estimate of drug-likeness (QED) is 0.0285. The van der Waals surface area contributed by atoms with Gasteiger partial charge in [-0.25, -0.2) is 78.2 Å². The molecule has 0 unspecified atom stereocenters. The number of carbonyl (C=O) groups is 8. The minimum Gasteiger partial charge on any atom is -0.870 e. The van der Waals surface area contributed by atoms with Crippen LogP contribution in [0.25, 0.3) is 175 Å². The van der Waals surface area contributed by atoms with E-state index in [-0.39, 0.29) is 301 Å². The van der Waals surface area contributed by atoms with Gasteiger partial charge in [-0.3, -0.25) is 9.97 Å². The molecule has 5 N–H and O–H groups in total. The Kier molecular flexibility index (Phi) is 34.4. The molecule has 0 saturated carbocycles. The molecule has 0 spiro atoms. The molecular weight excluding hydrogens is 2040 g/mol. The van der Waals surface area contributed by atoms with Gasteiger partial charge in [0.15, 0.2) is 0 Å². The number of esters is 8. The van der Waals surface area contributed by atoms with Crippen LogP contribution in [0.15, 0.2) is 207 Å². The first kappa shape index (κ1) is 103. The predicted molar refractivity (Wildman–Crippen MR) is 502 cm³/mol. The van der Waals surface area contributed by atoms with Crippen LogP contribution in [0.3, 0.4) is 0 Å². The van der Waals surface area contributed by atoms with Crippen LogP contribution in [0.5, 0.6) is 0 Å². The fraction of sp³-hybridized carbons (Fsp3) is 0.163. The fourth-order valence-corrected chi connectivity index (χ4v) is 15.3. The number of nitrogens with zero attached hydrogens (tertiary/aromatic N) is 15. The van der Waals surface area contributed by atoms with Crippen LogP contribution < -0.4 is 19.9 Å². The first-order valence-electron chi connectivity index (χ1n) is 41.8.